The maximum Gasteiger partial charge on any atom is 0.143 e. The number of Topliss-reactive ketones (excluding diaryl/α,β-unsaturated/α-hetero) is 2. The van der Waals surface area contributed by atoms with Crippen molar-refractivity contribution in [3.63, 3.8) is 0 Å². The number of hydrogen-bond acceptors (Lipinski definition) is 2. The van der Waals surface area contributed by atoms with Crippen molar-refractivity contribution < 1.29 is 9.59 Å². The van der Waals surface area contributed by atoms with Crippen molar-refractivity contribution in [2.24, 2.45) is 11.8 Å². The quantitative estimate of drug-likeness (QED) is 0.442. The highest BCUT2D eigenvalue weighted by atomic mass is 16.2. The number of fused-ring (bicyclic) bond motifs is 1. The second-order valence-corrected chi connectivity index (χ2v) is 2.91. The number of hydrogen-bond donors (Lipinski definition) is 0. The molecule has 0 bridgehead atoms. The molecule has 48 valence electrons. The Morgan fingerprint density at radius 2 is 2.00 bits per heavy atom. The lowest BCUT2D eigenvalue weighted by Gasteiger charge is -2.26. The SMILES string of the molecule is O=C1CCC2CC(=O)C12. The lowest BCUT2D eigenvalue weighted by Crippen LogP contribution is -2.36. The number of rotatable bonds is 0. The van der Waals surface area contributed by atoms with E-state index in [1.54, 1.807) is 0 Å². The minimum absolute atomic E-state index is 0.148. The first-order valence-corrected chi connectivity index (χ1v) is 3.34. The zero-order chi connectivity index (χ0) is 6.43. The fourth-order valence-corrected chi connectivity index (χ4v) is 1.80. The van der Waals surface area contributed by atoms with Crippen LogP contribution in [-0.2, 0) is 9.59 Å². The Balaban J connectivity index is 2.23. The highest BCUT2D eigenvalue weighted by molar-refractivity contribution is 6.08. The van der Waals surface area contributed by atoms with E-state index in [4.69, 9.17) is 0 Å². The molecule has 2 aliphatic carbocycles. The van der Waals surface area contributed by atoms with E-state index in [0.717, 1.165) is 6.42 Å². The molecule has 2 saturated carbocycles. The Bertz CT molecular complexity index is 183. The monoisotopic (exact) mass is 124 g/mol. The van der Waals surface area contributed by atoms with E-state index in [1.165, 1.54) is 0 Å². The molecule has 2 nitrogen and oxygen atoms in total. The molecule has 2 heteroatoms. The molecular weight excluding hydrogens is 116 g/mol. The molecule has 0 aliphatic heterocycles. The maximum absolute atomic E-state index is 10.8. The summed E-state index contributed by atoms with van der Waals surface area (Å²) in [6.45, 7) is 0. The van der Waals surface area contributed by atoms with Crippen molar-refractivity contribution >= 4 is 11.6 Å². The van der Waals surface area contributed by atoms with Crippen LogP contribution in [0.1, 0.15) is 19.3 Å². The summed E-state index contributed by atoms with van der Waals surface area (Å²) in [5.41, 5.74) is 0. The topological polar surface area (TPSA) is 34.1 Å². The van der Waals surface area contributed by atoms with Gasteiger partial charge in [0.2, 0.25) is 0 Å². The fourth-order valence-electron chi connectivity index (χ4n) is 1.80. The number of ketones is 2. The molecule has 2 unspecified atom stereocenters. The van der Waals surface area contributed by atoms with Crippen molar-refractivity contribution in [1.82, 2.24) is 0 Å². The highest BCUT2D eigenvalue weighted by Gasteiger charge is 2.48. The largest absolute Gasteiger partial charge is 0.299 e. The second-order valence-electron chi connectivity index (χ2n) is 2.91. The Morgan fingerprint density at radius 3 is 2.44 bits per heavy atom. The first kappa shape index (κ1) is 5.15. The predicted octanol–water partition coefficient (Wildman–Crippen LogP) is 0.554. The van der Waals surface area contributed by atoms with E-state index in [9.17, 15) is 9.59 Å². The summed E-state index contributed by atoms with van der Waals surface area (Å²) in [6.07, 6.45) is 2.30. The van der Waals surface area contributed by atoms with Gasteiger partial charge in [-0.15, -0.1) is 0 Å². The Labute approximate surface area is 53.2 Å². The summed E-state index contributed by atoms with van der Waals surface area (Å²) in [5.74, 6) is 0.675. The lowest BCUT2D eigenvalue weighted by atomic mass is 9.75. The lowest BCUT2D eigenvalue weighted by molar-refractivity contribution is -0.139. The van der Waals surface area contributed by atoms with Gasteiger partial charge in [-0.05, 0) is 12.3 Å². The normalized spacial score (nSPS) is 40.4. The van der Waals surface area contributed by atoms with E-state index >= 15 is 0 Å². The molecule has 2 fully saturated rings. The molecule has 0 aromatic heterocycles. The average molecular weight is 124 g/mol. The van der Waals surface area contributed by atoms with Gasteiger partial charge in [0.1, 0.15) is 11.6 Å². The van der Waals surface area contributed by atoms with Crippen LogP contribution in [0.4, 0.5) is 0 Å². The van der Waals surface area contributed by atoms with E-state index in [0.29, 0.717) is 18.8 Å². The van der Waals surface area contributed by atoms with Crippen LogP contribution in [-0.4, -0.2) is 11.6 Å². The minimum atomic E-state index is -0.148. The molecule has 0 saturated heterocycles. The van der Waals surface area contributed by atoms with Gasteiger partial charge in [0, 0.05) is 12.8 Å². The maximum atomic E-state index is 10.8. The Kier molecular flexibility index (Phi) is 0.821. The van der Waals surface area contributed by atoms with Gasteiger partial charge in [0.15, 0.2) is 0 Å². The third kappa shape index (κ3) is 0.506. The van der Waals surface area contributed by atoms with Crippen LogP contribution in [0.25, 0.3) is 0 Å². The third-order valence-electron chi connectivity index (χ3n) is 2.39. The standard InChI is InChI=1S/C7H8O2/c8-5-2-1-4-3-6(9)7(4)5/h4,7H,1-3H2. The highest BCUT2D eigenvalue weighted by Crippen LogP contribution is 2.41. The van der Waals surface area contributed by atoms with E-state index in [-0.39, 0.29) is 17.5 Å². The molecule has 2 aliphatic rings. The molecule has 0 N–H and O–H groups in total. The van der Waals surface area contributed by atoms with Crippen molar-refractivity contribution in [2.45, 2.75) is 19.3 Å². The van der Waals surface area contributed by atoms with Gasteiger partial charge in [-0.25, -0.2) is 0 Å². The van der Waals surface area contributed by atoms with Gasteiger partial charge in [-0.1, -0.05) is 0 Å². The zero-order valence-corrected chi connectivity index (χ0v) is 5.09. The van der Waals surface area contributed by atoms with Crippen LogP contribution in [0.5, 0.6) is 0 Å². The van der Waals surface area contributed by atoms with E-state index in [2.05, 4.69) is 0 Å². The summed E-state index contributed by atoms with van der Waals surface area (Å²) >= 11 is 0. The summed E-state index contributed by atoms with van der Waals surface area (Å²) in [5, 5.41) is 0. The summed E-state index contributed by atoms with van der Waals surface area (Å²) < 4.78 is 0. The van der Waals surface area contributed by atoms with Gasteiger partial charge in [0.25, 0.3) is 0 Å². The molecular formula is C7H8O2. The first-order chi connectivity index (χ1) is 4.29. The molecule has 9 heavy (non-hydrogen) atoms. The van der Waals surface area contributed by atoms with Gasteiger partial charge in [-0.3, -0.25) is 9.59 Å². The summed E-state index contributed by atoms with van der Waals surface area (Å²) in [4.78, 5) is 21.5. The van der Waals surface area contributed by atoms with Crippen LogP contribution in [0.3, 0.4) is 0 Å². The minimum Gasteiger partial charge on any atom is -0.299 e. The van der Waals surface area contributed by atoms with Gasteiger partial charge in [-0.2, -0.15) is 0 Å². The Morgan fingerprint density at radius 1 is 1.22 bits per heavy atom. The number of carbonyl (C=O) groups is 2. The van der Waals surface area contributed by atoms with Crippen molar-refractivity contribution in [1.29, 1.82) is 0 Å². The van der Waals surface area contributed by atoms with Gasteiger partial charge < -0.3 is 0 Å². The van der Waals surface area contributed by atoms with Crippen LogP contribution in [0.2, 0.25) is 0 Å². The average Bonchev–Trinajstić information content (AvgIpc) is 2.04. The molecule has 0 aromatic rings. The van der Waals surface area contributed by atoms with E-state index < -0.39 is 0 Å². The van der Waals surface area contributed by atoms with E-state index in [1.807, 2.05) is 0 Å². The fraction of sp³-hybridized carbons (Fsp3) is 0.714. The zero-order valence-electron chi connectivity index (χ0n) is 5.09. The summed E-state index contributed by atoms with van der Waals surface area (Å²) in [6, 6.07) is 0. The molecule has 0 amide bonds. The first-order valence-electron chi connectivity index (χ1n) is 3.34. The molecule has 0 spiro atoms. The van der Waals surface area contributed by atoms with Crippen molar-refractivity contribution in [2.75, 3.05) is 0 Å². The van der Waals surface area contributed by atoms with Crippen LogP contribution in [0, 0.1) is 11.8 Å². The molecule has 0 aromatic carbocycles. The van der Waals surface area contributed by atoms with Crippen LogP contribution >= 0.6 is 0 Å². The Hall–Kier alpha value is -0.660. The molecule has 2 atom stereocenters. The van der Waals surface area contributed by atoms with Gasteiger partial charge in [0.05, 0.1) is 5.92 Å². The van der Waals surface area contributed by atoms with Crippen LogP contribution < -0.4 is 0 Å². The van der Waals surface area contributed by atoms with Crippen LogP contribution in [0.15, 0.2) is 0 Å². The molecule has 0 radical (unpaired) electrons. The number of carbonyl (C=O) groups excluding carboxylic acids is 2. The molecule has 2 rings (SSSR count). The van der Waals surface area contributed by atoms with Gasteiger partial charge >= 0.3 is 0 Å². The summed E-state index contributed by atoms with van der Waals surface area (Å²) in [7, 11) is 0. The molecule has 0 heterocycles. The second kappa shape index (κ2) is 1.43. The smallest absolute Gasteiger partial charge is 0.143 e. The van der Waals surface area contributed by atoms with Crippen molar-refractivity contribution in [3.8, 4) is 0 Å². The third-order valence-corrected chi connectivity index (χ3v) is 2.39. The van der Waals surface area contributed by atoms with Crippen molar-refractivity contribution in [3.05, 3.63) is 0 Å². The predicted molar refractivity (Wildman–Crippen MR) is 30.8 cm³/mol.